The summed E-state index contributed by atoms with van der Waals surface area (Å²) in [6.07, 6.45) is 1.87. The Kier molecular flexibility index (Phi) is 4.62. The van der Waals surface area contributed by atoms with Crippen LogP contribution < -0.4 is 5.32 Å². The molecule has 1 aliphatic heterocycles. The van der Waals surface area contributed by atoms with Crippen molar-refractivity contribution in [2.24, 2.45) is 11.3 Å². The van der Waals surface area contributed by atoms with Crippen LogP contribution in [-0.2, 0) is 9.22 Å². The van der Waals surface area contributed by atoms with E-state index in [4.69, 9.17) is 4.43 Å². The van der Waals surface area contributed by atoms with Gasteiger partial charge in [0.15, 0.2) is 8.32 Å². The molecule has 0 spiro atoms. The lowest BCUT2D eigenvalue weighted by atomic mass is 9.70. The van der Waals surface area contributed by atoms with E-state index in [1.54, 1.807) is 0 Å². The molecule has 1 aliphatic rings. The standard InChI is InChI=1S/C16H31NO2Si/c1-10-16(6,7)13-12(14(18)17-13)11(2)19-20(8,9)15(3,4)5/h10-13H,1H2,2-9H3,(H,17,18)/t11-,12-,13+/m1/s1. The maximum Gasteiger partial charge on any atom is 0.228 e. The summed E-state index contributed by atoms with van der Waals surface area (Å²) < 4.78 is 6.39. The largest absolute Gasteiger partial charge is 0.413 e. The highest BCUT2D eigenvalue weighted by atomic mass is 28.4. The van der Waals surface area contributed by atoms with Gasteiger partial charge in [-0.3, -0.25) is 4.79 Å². The first-order chi connectivity index (χ1) is 8.83. The van der Waals surface area contributed by atoms with E-state index in [1.165, 1.54) is 0 Å². The van der Waals surface area contributed by atoms with E-state index in [1.807, 2.05) is 13.0 Å². The molecule has 1 rings (SSSR count). The van der Waals surface area contributed by atoms with E-state index in [0.29, 0.717) is 0 Å². The Morgan fingerprint density at radius 2 is 1.80 bits per heavy atom. The number of β-lactam (4-membered cyclic amide) rings is 1. The lowest BCUT2D eigenvalue weighted by Crippen LogP contribution is -2.68. The quantitative estimate of drug-likeness (QED) is 0.477. The van der Waals surface area contributed by atoms with Crippen molar-refractivity contribution < 1.29 is 9.22 Å². The highest BCUT2D eigenvalue weighted by molar-refractivity contribution is 6.74. The molecule has 1 N–H and O–H groups in total. The van der Waals surface area contributed by atoms with Crippen LogP contribution in [0.15, 0.2) is 12.7 Å². The van der Waals surface area contributed by atoms with E-state index in [0.717, 1.165) is 0 Å². The molecule has 0 unspecified atom stereocenters. The fraction of sp³-hybridized carbons (Fsp3) is 0.812. The van der Waals surface area contributed by atoms with Crippen molar-refractivity contribution in [3.05, 3.63) is 12.7 Å². The maximum absolute atomic E-state index is 12.0. The predicted octanol–water partition coefficient (Wildman–Crippen LogP) is 3.72. The number of hydrogen-bond donors (Lipinski definition) is 1. The molecule has 3 atom stereocenters. The van der Waals surface area contributed by atoms with E-state index in [-0.39, 0.29) is 34.4 Å². The first-order valence-corrected chi connectivity index (χ1v) is 10.4. The second-order valence-electron chi connectivity index (χ2n) is 8.12. The van der Waals surface area contributed by atoms with Crippen LogP contribution in [0, 0.1) is 11.3 Å². The van der Waals surface area contributed by atoms with E-state index in [9.17, 15) is 4.79 Å². The smallest absolute Gasteiger partial charge is 0.228 e. The molecule has 1 heterocycles. The van der Waals surface area contributed by atoms with Crippen molar-refractivity contribution in [2.45, 2.75) is 71.8 Å². The minimum Gasteiger partial charge on any atom is -0.413 e. The summed E-state index contributed by atoms with van der Waals surface area (Å²) in [4.78, 5) is 12.0. The second-order valence-corrected chi connectivity index (χ2v) is 12.9. The van der Waals surface area contributed by atoms with Crippen molar-refractivity contribution in [3.63, 3.8) is 0 Å². The molecular formula is C16H31NO2Si. The van der Waals surface area contributed by atoms with Crippen LogP contribution in [0.3, 0.4) is 0 Å². The average Bonchev–Trinajstić information content (AvgIpc) is 2.22. The molecule has 0 aromatic carbocycles. The van der Waals surface area contributed by atoms with Gasteiger partial charge in [0, 0.05) is 5.41 Å². The van der Waals surface area contributed by atoms with Crippen LogP contribution >= 0.6 is 0 Å². The Hall–Kier alpha value is -0.613. The molecule has 0 bridgehead atoms. The molecular weight excluding hydrogens is 266 g/mol. The molecule has 1 fully saturated rings. The number of amides is 1. The predicted molar refractivity (Wildman–Crippen MR) is 87.1 cm³/mol. The fourth-order valence-electron chi connectivity index (χ4n) is 2.37. The molecule has 3 nitrogen and oxygen atoms in total. The molecule has 116 valence electrons. The summed E-state index contributed by atoms with van der Waals surface area (Å²) >= 11 is 0. The molecule has 0 aliphatic carbocycles. The van der Waals surface area contributed by atoms with Crippen LogP contribution in [0.1, 0.15) is 41.5 Å². The van der Waals surface area contributed by atoms with Crippen LogP contribution in [-0.4, -0.2) is 26.4 Å². The summed E-state index contributed by atoms with van der Waals surface area (Å²) in [5.41, 5.74) is -0.108. The third kappa shape index (κ3) is 3.17. The second kappa shape index (κ2) is 5.30. The normalized spacial score (nSPS) is 25.7. The Morgan fingerprint density at radius 3 is 2.15 bits per heavy atom. The van der Waals surface area contributed by atoms with Crippen LogP contribution in [0.5, 0.6) is 0 Å². The lowest BCUT2D eigenvalue weighted by molar-refractivity contribution is -0.143. The number of rotatable bonds is 5. The number of hydrogen-bond acceptors (Lipinski definition) is 2. The van der Waals surface area contributed by atoms with Gasteiger partial charge in [0.1, 0.15) is 0 Å². The first kappa shape index (κ1) is 17.4. The minimum atomic E-state index is -1.85. The maximum atomic E-state index is 12.0. The van der Waals surface area contributed by atoms with Crippen LogP contribution in [0.4, 0.5) is 0 Å². The third-order valence-electron chi connectivity index (χ3n) is 5.08. The van der Waals surface area contributed by atoms with Gasteiger partial charge in [0.2, 0.25) is 5.91 Å². The van der Waals surface area contributed by atoms with E-state index < -0.39 is 8.32 Å². The van der Waals surface area contributed by atoms with Gasteiger partial charge < -0.3 is 9.74 Å². The van der Waals surface area contributed by atoms with Gasteiger partial charge in [-0.15, -0.1) is 6.58 Å². The Morgan fingerprint density at radius 1 is 1.30 bits per heavy atom. The first-order valence-electron chi connectivity index (χ1n) is 7.45. The zero-order valence-electron chi connectivity index (χ0n) is 14.3. The zero-order valence-corrected chi connectivity index (χ0v) is 15.3. The van der Waals surface area contributed by atoms with E-state index >= 15 is 0 Å². The Balaban J connectivity index is 2.84. The average molecular weight is 298 g/mol. The minimum absolute atomic E-state index is 0.0473. The number of carbonyl (C=O) groups excluding carboxylic acids is 1. The van der Waals surface area contributed by atoms with Gasteiger partial charge in [-0.2, -0.15) is 0 Å². The van der Waals surface area contributed by atoms with Crippen LogP contribution in [0.25, 0.3) is 0 Å². The molecule has 1 saturated heterocycles. The number of nitrogens with one attached hydrogen (secondary N) is 1. The van der Waals surface area contributed by atoms with Gasteiger partial charge in [-0.05, 0) is 25.1 Å². The molecule has 0 radical (unpaired) electrons. The summed E-state index contributed by atoms with van der Waals surface area (Å²) in [6, 6.07) is 0.118. The van der Waals surface area contributed by atoms with Gasteiger partial charge in [0.05, 0.1) is 18.1 Å². The summed E-state index contributed by atoms with van der Waals surface area (Å²) in [5.74, 6) is 0.0354. The van der Waals surface area contributed by atoms with Gasteiger partial charge in [-0.25, -0.2) is 0 Å². The van der Waals surface area contributed by atoms with Crippen LogP contribution in [0.2, 0.25) is 18.1 Å². The summed E-state index contributed by atoms with van der Waals surface area (Å²) in [6.45, 7) is 21.3. The van der Waals surface area contributed by atoms with Gasteiger partial charge in [-0.1, -0.05) is 40.7 Å². The molecule has 4 heteroatoms. The van der Waals surface area contributed by atoms with Gasteiger partial charge in [0.25, 0.3) is 0 Å². The van der Waals surface area contributed by atoms with E-state index in [2.05, 4.69) is 59.6 Å². The lowest BCUT2D eigenvalue weighted by Gasteiger charge is -2.49. The molecule has 0 saturated carbocycles. The van der Waals surface area contributed by atoms with Gasteiger partial charge >= 0.3 is 0 Å². The monoisotopic (exact) mass is 297 g/mol. The summed E-state index contributed by atoms with van der Waals surface area (Å²) in [7, 11) is -1.85. The Labute approximate surface area is 125 Å². The molecule has 1 amide bonds. The SMILES string of the molecule is C=CC(C)(C)[C@H]1NC(=O)[C@@H]1[C@@H](C)O[Si](C)(C)C(C)(C)C. The van der Waals surface area contributed by atoms with Crippen molar-refractivity contribution in [1.29, 1.82) is 0 Å². The topological polar surface area (TPSA) is 38.3 Å². The molecule has 0 aromatic heterocycles. The molecule has 20 heavy (non-hydrogen) atoms. The number of carbonyl (C=O) groups is 1. The van der Waals surface area contributed by atoms with Crippen molar-refractivity contribution in [1.82, 2.24) is 5.32 Å². The van der Waals surface area contributed by atoms with Crippen molar-refractivity contribution in [2.75, 3.05) is 0 Å². The van der Waals surface area contributed by atoms with Crippen molar-refractivity contribution in [3.8, 4) is 0 Å². The van der Waals surface area contributed by atoms with Crippen molar-refractivity contribution >= 4 is 14.2 Å². The molecule has 0 aromatic rings. The summed E-state index contributed by atoms with van der Waals surface area (Å²) in [5, 5.41) is 3.17. The zero-order chi connectivity index (χ0) is 15.9. The highest BCUT2D eigenvalue weighted by Crippen LogP contribution is 2.41. The highest BCUT2D eigenvalue weighted by Gasteiger charge is 2.51. The fourth-order valence-corrected chi connectivity index (χ4v) is 3.80. The third-order valence-corrected chi connectivity index (χ3v) is 9.65. The Bertz CT molecular complexity index is 396.